The predicted octanol–water partition coefficient (Wildman–Crippen LogP) is 2.17. The van der Waals surface area contributed by atoms with Gasteiger partial charge < -0.3 is 15.0 Å². The van der Waals surface area contributed by atoms with Crippen molar-refractivity contribution in [1.82, 2.24) is 0 Å². The summed E-state index contributed by atoms with van der Waals surface area (Å²) in [6.07, 6.45) is 1.01. The average Bonchev–Trinajstić information content (AvgIpc) is 2.87. The molecule has 2 rings (SSSR count). The summed E-state index contributed by atoms with van der Waals surface area (Å²) in [4.78, 5) is 25.1. The number of anilines is 2. The molecule has 1 heterocycles. The summed E-state index contributed by atoms with van der Waals surface area (Å²) in [6.45, 7) is 2.96. The maximum absolute atomic E-state index is 13.5. The Labute approximate surface area is 123 Å². The highest BCUT2D eigenvalue weighted by atomic mass is 19.1. The highest BCUT2D eigenvalue weighted by Crippen LogP contribution is 2.32. The van der Waals surface area contributed by atoms with Gasteiger partial charge in [0.1, 0.15) is 5.82 Å². The van der Waals surface area contributed by atoms with E-state index in [1.165, 1.54) is 24.1 Å². The molecule has 6 heteroatoms. The van der Waals surface area contributed by atoms with E-state index in [2.05, 4.69) is 10.1 Å². The number of nitrogens with one attached hydrogen (secondary N) is 1. The van der Waals surface area contributed by atoms with E-state index in [-0.39, 0.29) is 18.9 Å². The van der Waals surface area contributed by atoms with E-state index in [0.29, 0.717) is 11.4 Å². The Morgan fingerprint density at radius 1 is 1.52 bits per heavy atom. The fourth-order valence-corrected chi connectivity index (χ4v) is 2.40. The molecule has 0 saturated carbocycles. The third-order valence-electron chi connectivity index (χ3n) is 3.48. The standard InChI is InChI=1S/C15H19FN2O3/c1-3-6-17-12-5-4-11(16)8-13(12)18-9-10(7-14(18)19)15(20)21-2/h4-5,8,10,17H,3,6-7,9H2,1-2H3. The van der Waals surface area contributed by atoms with Crippen molar-refractivity contribution in [3.8, 4) is 0 Å². The first kappa shape index (κ1) is 15.3. The number of carbonyl (C=O) groups is 2. The lowest BCUT2D eigenvalue weighted by Crippen LogP contribution is -2.27. The molecule has 1 aliphatic heterocycles. The minimum absolute atomic E-state index is 0.0937. The molecular formula is C15H19FN2O3. The van der Waals surface area contributed by atoms with Crippen LogP contribution in [0.2, 0.25) is 0 Å². The van der Waals surface area contributed by atoms with Crippen LogP contribution in [0, 0.1) is 11.7 Å². The van der Waals surface area contributed by atoms with Crippen LogP contribution in [-0.4, -0.2) is 32.1 Å². The molecule has 5 nitrogen and oxygen atoms in total. The molecule has 1 aromatic rings. The Morgan fingerprint density at radius 2 is 2.29 bits per heavy atom. The molecule has 1 aliphatic rings. The smallest absolute Gasteiger partial charge is 0.311 e. The van der Waals surface area contributed by atoms with Crippen LogP contribution in [0.25, 0.3) is 0 Å². The van der Waals surface area contributed by atoms with E-state index in [1.807, 2.05) is 6.92 Å². The summed E-state index contributed by atoms with van der Waals surface area (Å²) in [5, 5.41) is 3.17. The number of nitrogens with zero attached hydrogens (tertiary/aromatic N) is 1. The normalized spacial score (nSPS) is 18.0. The second kappa shape index (κ2) is 6.56. The molecule has 1 fully saturated rings. The van der Waals surface area contributed by atoms with Crippen molar-refractivity contribution < 1.29 is 18.7 Å². The zero-order chi connectivity index (χ0) is 15.4. The molecular weight excluding hydrogens is 275 g/mol. The van der Waals surface area contributed by atoms with Crippen LogP contribution in [0.1, 0.15) is 19.8 Å². The number of hydrogen-bond acceptors (Lipinski definition) is 4. The summed E-state index contributed by atoms with van der Waals surface area (Å²) in [7, 11) is 1.30. The molecule has 21 heavy (non-hydrogen) atoms. The molecule has 0 spiro atoms. The first-order valence-electron chi connectivity index (χ1n) is 6.98. The minimum atomic E-state index is -0.496. The van der Waals surface area contributed by atoms with Crippen LogP contribution < -0.4 is 10.2 Å². The van der Waals surface area contributed by atoms with Gasteiger partial charge >= 0.3 is 5.97 Å². The third kappa shape index (κ3) is 3.32. The maximum Gasteiger partial charge on any atom is 0.311 e. The number of hydrogen-bond donors (Lipinski definition) is 1. The number of halogens is 1. The highest BCUT2D eigenvalue weighted by Gasteiger charge is 2.36. The van der Waals surface area contributed by atoms with Crippen LogP contribution in [0.15, 0.2) is 18.2 Å². The number of methoxy groups -OCH3 is 1. The van der Waals surface area contributed by atoms with Gasteiger partial charge in [0.2, 0.25) is 5.91 Å². The summed E-state index contributed by atoms with van der Waals surface area (Å²) in [5.74, 6) is -1.52. The van der Waals surface area contributed by atoms with Crippen LogP contribution in [0.5, 0.6) is 0 Å². The Kier molecular flexibility index (Phi) is 4.77. The first-order valence-corrected chi connectivity index (χ1v) is 6.98. The van der Waals surface area contributed by atoms with Crippen LogP contribution in [-0.2, 0) is 14.3 Å². The fourth-order valence-electron chi connectivity index (χ4n) is 2.40. The Hall–Kier alpha value is -2.11. The van der Waals surface area contributed by atoms with Gasteiger partial charge in [-0.3, -0.25) is 9.59 Å². The number of carbonyl (C=O) groups excluding carboxylic acids is 2. The lowest BCUT2D eigenvalue weighted by atomic mass is 10.1. The SMILES string of the molecule is CCCNc1ccc(F)cc1N1CC(C(=O)OC)CC1=O. The van der Waals surface area contributed by atoms with Gasteiger partial charge in [0.25, 0.3) is 0 Å². The van der Waals surface area contributed by atoms with E-state index in [9.17, 15) is 14.0 Å². The zero-order valence-electron chi connectivity index (χ0n) is 12.2. The van der Waals surface area contributed by atoms with Crippen molar-refractivity contribution in [2.24, 2.45) is 5.92 Å². The number of rotatable bonds is 5. The Bertz CT molecular complexity index is 548. The van der Waals surface area contributed by atoms with E-state index >= 15 is 0 Å². The number of benzene rings is 1. The van der Waals surface area contributed by atoms with Crippen molar-refractivity contribution in [1.29, 1.82) is 0 Å². The van der Waals surface area contributed by atoms with Gasteiger partial charge in [-0.25, -0.2) is 4.39 Å². The lowest BCUT2D eigenvalue weighted by Gasteiger charge is -2.21. The summed E-state index contributed by atoms with van der Waals surface area (Å²) in [5.41, 5.74) is 1.16. The van der Waals surface area contributed by atoms with Crippen molar-refractivity contribution in [3.05, 3.63) is 24.0 Å². The third-order valence-corrected chi connectivity index (χ3v) is 3.48. The molecule has 0 bridgehead atoms. The minimum Gasteiger partial charge on any atom is -0.469 e. The zero-order valence-corrected chi connectivity index (χ0v) is 12.2. The predicted molar refractivity (Wildman–Crippen MR) is 77.7 cm³/mol. The van der Waals surface area contributed by atoms with Gasteiger partial charge in [0.15, 0.2) is 0 Å². The monoisotopic (exact) mass is 294 g/mol. The fraction of sp³-hybridized carbons (Fsp3) is 0.467. The molecule has 1 saturated heterocycles. The molecule has 1 unspecified atom stereocenters. The van der Waals surface area contributed by atoms with Gasteiger partial charge in [-0.1, -0.05) is 6.92 Å². The highest BCUT2D eigenvalue weighted by molar-refractivity contribution is 6.01. The molecule has 114 valence electrons. The van der Waals surface area contributed by atoms with Gasteiger partial charge in [0.05, 0.1) is 24.4 Å². The summed E-state index contributed by atoms with van der Waals surface area (Å²) >= 11 is 0. The number of amides is 1. The average molecular weight is 294 g/mol. The van der Waals surface area contributed by atoms with Gasteiger partial charge in [0, 0.05) is 19.5 Å². The van der Waals surface area contributed by atoms with Crippen molar-refractivity contribution >= 4 is 23.3 Å². The van der Waals surface area contributed by atoms with Crippen molar-refractivity contribution in [2.75, 3.05) is 30.4 Å². The molecule has 1 aromatic carbocycles. The quantitative estimate of drug-likeness (QED) is 0.846. The molecule has 0 aliphatic carbocycles. The van der Waals surface area contributed by atoms with E-state index in [0.717, 1.165) is 13.0 Å². The van der Waals surface area contributed by atoms with E-state index in [1.54, 1.807) is 6.07 Å². The maximum atomic E-state index is 13.5. The Balaban J connectivity index is 2.26. The molecule has 0 aromatic heterocycles. The van der Waals surface area contributed by atoms with Gasteiger partial charge in [-0.05, 0) is 24.6 Å². The number of esters is 1. The van der Waals surface area contributed by atoms with Crippen LogP contribution in [0.3, 0.4) is 0 Å². The second-order valence-corrected chi connectivity index (χ2v) is 5.02. The topological polar surface area (TPSA) is 58.6 Å². The van der Waals surface area contributed by atoms with Gasteiger partial charge in [-0.15, -0.1) is 0 Å². The van der Waals surface area contributed by atoms with Gasteiger partial charge in [-0.2, -0.15) is 0 Å². The first-order chi connectivity index (χ1) is 10.1. The van der Waals surface area contributed by atoms with Crippen molar-refractivity contribution in [3.63, 3.8) is 0 Å². The lowest BCUT2D eigenvalue weighted by molar-refractivity contribution is -0.145. The largest absolute Gasteiger partial charge is 0.469 e. The van der Waals surface area contributed by atoms with Crippen LogP contribution in [0.4, 0.5) is 15.8 Å². The molecule has 1 atom stereocenters. The van der Waals surface area contributed by atoms with Crippen molar-refractivity contribution in [2.45, 2.75) is 19.8 Å². The second-order valence-electron chi connectivity index (χ2n) is 5.02. The molecule has 1 N–H and O–H groups in total. The summed E-state index contributed by atoms with van der Waals surface area (Å²) < 4.78 is 18.2. The van der Waals surface area contributed by atoms with E-state index < -0.39 is 17.7 Å². The van der Waals surface area contributed by atoms with E-state index in [4.69, 9.17) is 0 Å². The number of ether oxygens (including phenoxy) is 1. The molecule has 1 amide bonds. The molecule has 0 radical (unpaired) electrons. The van der Waals surface area contributed by atoms with Crippen LogP contribution >= 0.6 is 0 Å². The Morgan fingerprint density at radius 3 is 2.95 bits per heavy atom. The summed E-state index contributed by atoms with van der Waals surface area (Å²) in [6, 6.07) is 4.27.